The molecular formula is C17H13N3O2. The lowest BCUT2D eigenvalue weighted by molar-refractivity contribution is -0.117. The largest absolute Gasteiger partial charge is 0.326 e. The molecule has 0 saturated carbocycles. The number of fused-ring (bicyclic) bond motifs is 2. The highest BCUT2D eigenvalue weighted by molar-refractivity contribution is 6.09. The van der Waals surface area contributed by atoms with Crippen LogP contribution in [0.5, 0.6) is 0 Å². The van der Waals surface area contributed by atoms with Crippen molar-refractivity contribution in [3.05, 3.63) is 59.8 Å². The van der Waals surface area contributed by atoms with Crippen molar-refractivity contribution >= 4 is 28.3 Å². The SMILES string of the molecule is O=C1CC(C(=O)Nc2ccc3[nH]ncc3c2)c2ccccc21. The summed E-state index contributed by atoms with van der Waals surface area (Å²) in [6, 6.07) is 12.9. The molecule has 0 bridgehead atoms. The summed E-state index contributed by atoms with van der Waals surface area (Å²) < 4.78 is 0. The normalized spacial score (nSPS) is 16.7. The molecule has 0 spiro atoms. The molecule has 4 rings (SSSR count). The van der Waals surface area contributed by atoms with Crippen molar-refractivity contribution in [3.8, 4) is 0 Å². The van der Waals surface area contributed by atoms with E-state index in [1.54, 1.807) is 12.3 Å². The predicted molar refractivity (Wildman–Crippen MR) is 82.9 cm³/mol. The van der Waals surface area contributed by atoms with Crippen LogP contribution in [0.3, 0.4) is 0 Å². The average Bonchev–Trinajstić information content (AvgIpc) is 3.12. The van der Waals surface area contributed by atoms with Crippen molar-refractivity contribution < 1.29 is 9.59 Å². The third-order valence-electron chi connectivity index (χ3n) is 4.05. The second kappa shape index (κ2) is 4.80. The minimum atomic E-state index is -0.413. The van der Waals surface area contributed by atoms with Gasteiger partial charge in [0, 0.05) is 23.1 Å². The van der Waals surface area contributed by atoms with E-state index >= 15 is 0 Å². The Labute approximate surface area is 126 Å². The van der Waals surface area contributed by atoms with Gasteiger partial charge in [0.2, 0.25) is 5.91 Å². The minimum Gasteiger partial charge on any atom is -0.326 e. The van der Waals surface area contributed by atoms with Crippen molar-refractivity contribution in [1.29, 1.82) is 0 Å². The number of carbonyl (C=O) groups is 2. The molecule has 2 N–H and O–H groups in total. The number of anilines is 1. The Morgan fingerprint density at radius 1 is 1.23 bits per heavy atom. The molecule has 5 heteroatoms. The molecule has 1 aliphatic rings. The van der Waals surface area contributed by atoms with Crippen LogP contribution in [-0.4, -0.2) is 21.9 Å². The molecule has 1 heterocycles. The Kier molecular flexibility index (Phi) is 2.79. The van der Waals surface area contributed by atoms with Crippen molar-refractivity contribution in [2.75, 3.05) is 5.32 Å². The number of aromatic amines is 1. The van der Waals surface area contributed by atoms with Crippen LogP contribution in [0.25, 0.3) is 10.9 Å². The van der Waals surface area contributed by atoms with E-state index in [0.29, 0.717) is 11.3 Å². The molecule has 0 saturated heterocycles. The number of amides is 1. The Hall–Kier alpha value is -2.95. The van der Waals surface area contributed by atoms with Crippen LogP contribution in [0.4, 0.5) is 5.69 Å². The first kappa shape index (κ1) is 12.8. The van der Waals surface area contributed by atoms with E-state index in [1.807, 2.05) is 36.4 Å². The highest BCUT2D eigenvalue weighted by atomic mass is 16.2. The lowest BCUT2D eigenvalue weighted by atomic mass is 10.0. The molecule has 108 valence electrons. The Morgan fingerprint density at radius 2 is 2.09 bits per heavy atom. The molecule has 0 fully saturated rings. The first-order valence-electron chi connectivity index (χ1n) is 7.08. The fourth-order valence-electron chi connectivity index (χ4n) is 2.94. The fraction of sp³-hybridized carbons (Fsp3) is 0.118. The zero-order chi connectivity index (χ0) is 15.1. The molecule has 5 nitrogen and oxygen atoms in total. The van der Waals surface area contributed by atoms with Gasteiger partial charge < -0.3 is 5.32 Å². The molecule has 1 atom stereocenters. The summed E-state index contributed by atoms with van der Waals surface area (Å²) in [6.07, 6.45) is 1.94. The highest BCUT2D eigenvalue weighted by Gasteiger charge is 2.33. The molecule has 3 aromatic rings. The van der Waals surface area contributed by atoms with Crippen molar-refractivity contribution in [1.82, 2.24) is 10.2 Å². The van der Waals surface area contributed by atoms with E-state index in [-0.39, 0.29) is 18.1 Å². The van der Waals surface area contributed by atoms with Crippen LogP contribution in [-0.2, 0) is 4.79 Å². The van der Waals surface area contributed by atoms with E-state index in [0.717, 1.165) is 16.5 Å². The topological polar surface area (TPSA) is 74.8 Å². The first-order valence-corrected chi connectivity index (χ1v) is 7.08. The molecule has 22 heavy (non-hydrogen) atoms. The van der Waals surface area contributed by atoms with E-state index in [1.165, 1.54) is 0 Å². The van der Waals surface area contributed by atoms with Gasteiger partial charge in [0.05, 0.1) is 17.6 Å². The monoisotopic (exact) mass is 291 g/mol. The van der Waals surface area contributed by atoms with Gasteiger partial charge in [-0.1, -0.05) is 24.3 Å². The van der Waals surface area contributed by atoms with Gasteiger partial charge in [-0.15, -0.1) is 0 Å². The summed E-state index contributed by atoms with van der Waals surface area (Å²) >= 11 is 0. The number of carbonyl (C=O) groups excluding carboxylic acids is 2. The fourth-order valence-corrected chi connectivity index (χ4v) is 2.94. The van der Waals surface area contributed by atoms with Gasteiger partial charge in [0.25, 0.3) is 0 Å². The number of hydrogen-bond acceptors (Lipinski definition) is 3. The van der Waals surface area contributed by atoms with Gasteiger partial charge in [0.1, 0.15) is 0 Å². The quantitative estimate of drug-likeness (QED) is 0.762. The molecule has 1 aliphatic carbocycles. The van der Waals surface area contributed by atoms with Crippen LogP contribution < -0.4 is 5.32 Å². The number of H-pyrrole nitrogens is 1. The van der Waals surface area contributed by atoms with Gasteiger partial charge in [-0.2, -0.15) is 5.10 Å². The second-order valence-electron chi connectivity index (χ2n) is 5.43. The summed E-state index contributed by atoms with van der Waals surface area (Å²) in [5.74, 6) is -0.536. The molecule has 1 aromatic heterocycles. The highest BCUT2D eigenvalue weighted by Crippen LogP contribution is 2.33. The maximum Gasteiger partial charge on any atom is 0.232 e. The third kappa shape index (κ3) is 1.98. The smallest absolute Gasteiger partial charge is 0.232 e. The predicted octanol–water partition coefficient (Wildman–Crippen LogP) is 2.87. The number of aromatic nitrogens is 2. The second-order valence-corrected chi connectivity index (χ2v) is 5.43. The number of Topliss-reactive ketones (excluding diaryl/α,β-unsaturated/α-hetero) is 1. The summed E-state index contributed by atoms with van der Waals surface area (Å²) in [6.45, 7) is 0. The molecular weight excluding hydrogens is 278 g/mol. The van der Waals surface area contributed by atoms with Crippen LogP contribution >= 0.6 is 0 Å². The summed E-state index contributed by atoms with van der Waals surface area (Å²) in [7, 11) is 0. The van der Waals surface area contributed by atoms with Gasteiger partial charge >= 0.3 is 0 Å². The molecule has 2 aromatic carbocycles. The number of ketones is 1. The Morgan fingerprint density at radius 3 is 3.00 bits per heavy atom. The minimum absolute atomic E-state index is 0.0287. The number of nitrogens with one attached hydrogen (secondary N) is 2. The van der Waals surface area contributed by atoms with Gasteiger partial charge in [-0.25, -0.2) is 0 Å². The zero-order valence-electron chi connectivity index (χ0n) is 11.7. The lowest BCUT2D eigenvalue weighted by Gasteiger charge is -2.11. The number of benzene rings is 2. The van der Waals surface area contributed by atoms with Gasteiger partial charge in [-0.3, -0.25) is 14.7 Å². The van der Waals surface area contributed by atoms with Gasteiger partial charge in [0.15, 0.2) is 5.78 Å². The maximum atomic E-state index is 12.5. The standard InChI is InChI=1S/C17H13N3O2/c21-16-8-14(12-3-1-2-4-13(12)16)17(22)19-11-5-6-15-10(7-11)9-18-20-15/h1-7,9,14H,8H2,(H,18,20)(H,19,22). The van der Waals surface area contributed by atoms with Crippen molar-refractivity contribution in [2.45, 2.75) is 12.3 Å². The number of nitrogens with zero attached hydrogens (tertiary/aromatic N) is 1. The van der Waals surface area contributed by atoms with E-state index in [9.17, 15) is 9.59 Å². The average molecular weight is 291 g/mol. The zero-order valence-corrected chi connectivity index (χ0v) is 11.7. The van der Waals surface area contributed by atoms with Crippen LogP contribution in [0, 0.1) is 0 Å². The molecule has 1 amide bonds. The Bertz CT molecular complexity index is 898. The van der Waals surface area contributed by atoms with Gasteiger partial charge in [-0.05, 0) is 23.8 Å². The van der Waals surface area contributed by atoms with Crippen molar-refractivity contribution in [2.24, 2.45) is 0 Å². The third-order valence-corrected chi connectivity index (χ3v) is 4.05. The summed E-state index contributed by atoms with van der Waals surface area (Å²) in [5.41, 5.74) is 3.09. The summed E-state index contributed by atoms with van der Waals surface area (Å²) in [5, 5.41) is 10.6. The molecule has 0 radical (unpaired) electrons. The van der Waals surface area contributed by atoms with Crippen molar-refractivity contribution in [3.63, 3.8) is 0 Å². The summed E-state index contributed by atoms with van der Waals surface area (Å²) in [4.78, 5) is 24.5. The first-order chi connectivity index (χ1) is 10.7. The molecule has 0 aliphatic heterocycles. The van der Waals surface area contributed by atoms with Crippen LogP contribution in [0.2, 0.25) is 0 Å². The molecule has 1 unspecified atom stereocenters. The number of rotatable bonds is 2. The maximum absolute atomic E-state index is 12.5. The van der Waals surface area contributed by atoms with E-state index in [4.69, 9.17) is 0 Å². The van der Waals surface area contributed by atoms with Crippen LogP contribution in [0.15, 0.2) is 48.7 Å². The lowest BCUT2D eigenvalue weighted by Crippen LogP contribution is -2.19. The van der Waals surface area contributed by atoms with Crippen LogP contribution in [0.1, 0.15) is 28.3 Å². The Balaban J connectivity index is 1.61. The van der Waals surface area contributed by atoms with E-state index in [2.05, 4.69) is 15.5 Å². The van der Waals surface area contributed by atoms with E-state index < -0.39 is 5.92 Å². The number of hydrogen-bond donors (Lipinski definition) is 2.